The normalized spacial score (nSPS) is 10.7. The lowest BCUT2D eigenvalue weighted by molar-refractivity contribution is 0.310. The largest absolute Gasteiger partial charge is 0.488 e. The summed E-state index contributed by atoms with van der Waals surface area (Å²) in [5.41, 5.74) is 0.388. The number of rotatable bonds is 5. The summed E-state index contributed by atoms with van der Waals surface area (Å²) in [4.78, 5) is 12.3. The van der Waals surface area contributed by atoms with Gasteiger partial charge in [-0.25, -0.2) is 0 Å². The first-order chi connectivity index (χ1) is 10.0. The molecule has 1 heterocycles. The summed E-state index contributed by atoms with van der Waals surface area (Å²) in [7, 11) is 0. The molecule has 0 unspecified atom stereocenters. The highest BCUT2D eigenvalue weighted by Gasteiger charge is 2.12. The van der Waals surface area contributed by atoms with Crippen LogP contribution in [0.25, 0.3) is 0 Å². The van der Waals surface area contributed by atoms with Gasteiger partial charge in [0.15, 0.2) is 5.75 Å². The van der Waals surface area contributed by atoms with E-state index in [9.17, 15) is 4.79 Å². The summed E-state index contributed by atoms with van der Waals surface area (Å²) < 4.78 is 6.92. The highest BCUT2D eigenvalue weighted by molar-refractivity contribution is 6.44. The molecule has 1 aromatic heterocycles. The van der Waals surface area contributed by atoms with Crippen molar-refractivity contribution in [1.29, 1.82) is 0 Å². The molecule has 6 heteroatoms. The number of nitrogens with zero attached hydrogens (tertiary/aromatic N) is 1. The Morgan fingerprint density at radius 1 is 1.14 bits per heavy atom. The molecule has 0 aliphatic carbocycles. The van der Waals surface area contributed by atoms with E-state index >= 15 is 0 Å². The Bertz CT molecular complexity index is 698. The molecule has 0 fully saturated rings. The molecule has 112 valence electrons. The van der Waals surface area contributed by atoms with Gasteiger partial charge in [-0.1, -0.05) is 41.7 Å². The average molecular weight is 347 g/mol. The summed E-state index contributed by atoms with van der Waals surface area (Å²) >= 11 is 18.3. The zero-order valence-corrected chi connectivity index (χ0v) is 13.7. The maximum Gasteiger partial charge on any atom is 0.293 e. The molecule has 2 rings (SSSR count). The molecule has 0 aliphatic heterocycles. The number of benzene rings is 1. The van der Waals surface area contributed by atoms with E-state index in [1.165, 1.54) is 4.57 Å². The second-order valence-corrected chi connectivity index (χ2v) is 5.67. The molecule has 0 saturated heterocycles. The lowest BCUT2D eigenvalue weighted by atomic mass is 10.2. The van der Waals surface area contributed by atoms with Crippen LogP contribution in [-0.4, -0.2) is 11.2 Å². The zero-order valence-electron chi connectivity index (χ0n) is 11.4. The fourth-order valence-corrected chi connectivity index (χ4v) is 2.51. The summed E-state index contributed by atoms with van der Waals surface area (Å²) in [6.07, 6.45) is 2.50. The van der Waals surface area contributed by atoms with E-state index in [4.69, 9.17) is 39.5 Å². The Labute approximate surface area is 138 Å². The molecule has 0 aliphatic rings. The summed E-state index contributed by atoms with van der Waals surface area (Å²) in [6, 6.07) is 6.68. The van der Waals surface area contributed by atoms with Crippen molar-refractivity contribution < 1.29 is 4.74 Å². The van der Waals surface area contributed by atoms with Crippen LogP contribution in [0.15, 0.2) is 35.3 Å². The van der Waals surface area contributed by atoms with Crippen molar-refractivity contribution in [3.63, 3.8) is 0 Å². The van der Waals surface area contributed by atoms with Crippen LogP contribution in [0.3, 0.4) is 0 Å². The van der Waals surface area contributed by atoms with E-state index in [0.717, 1.165) is 6.42 Å². The summed E-state index contributed by atoms with van der Waals surface area (Å²) in [5.74, 6) is 0.314. The van der Waals surface area contributed by atoms with Crippen molar-refractivity contribution in [3.05, 3.63) is 61.4 Å². The molecule has 0 radical (unpaired) electrons. The Morgan fingerprint density at radius 2 is 1.86 bits per heavy atom. The van der Waals surface area contributed by atoms with Gasteiger partial charge in [0.1, 0.15) is 0 Å². The van der Waals surface area contributed by atoms with Crippen molar-refractivity contribution >= 4 is 34.8 Å². The van der Waals surface area contributed by atoms with Crippen molar-refractivity contribution in [2.24, 2.45) is 0 Å². The van der Waals surface area contributed by atoms with Crippen molar-refractivity contribution in [1.82, 2.24) is 4.57 Å². The van der Waals surface area contributed by atoms with Gasteiger partial charge in [-0.15, -0.1) is 0 Å². The van der Waals surface area contributed by atoms with Crippen LogP contribution in [0.1, 0.15) is 18.9 Å². The molecule has 21 heavy (non-hydrogen) atoms. The molecule has 1 aromatic carbocycles. The quantitative estimate of drug-likeness (QED) is 0.738. The SMILES string of the molecule is CCCOc1cccn(Cc2c(Cl)ccc(Cl)c2Cl)c1=O. The maximum atomic E-state index is 12.3. The monoisotopic (exact) mass is 345 g/mol. The van der Waals surface area contributed by atoms with Crippen LogP contribution in [0.2, 0.25) is 15.1 Å². The molecule has 0 saturated carbocycles. The molecule has 2 aromatic rings. The number of pyridine rings is 1. The van der Waals surface area contributed by atoms with Crippen LogP contribution < -0.4 is 10.3 Å². The predicted octanol–water partition coefficient (Wildman–Crippen LogP) is 4.65. The van der Waals surface area contributed by atoms with E-state index in [1.54, 1.807) is 30.5 Å². The predicted molar refractivity (Wildman–Crippen MR) is 87.1 cm³/mol. The fraction of sp³-hybridized carbons (Fsp3) is 0.267. The average Bonchev–Trinajstić information content (AvgIpc) is 2.48. The Kier molecular flexibility index (Phi) is 5.57. The van der Waals surface area contributed by atoms with Crippen LogP contribution in [0.5, 0.6) is 5.75 Å². The van der Waals surface area contributed by atoms with Gasteiger partial charge < -0.3 is 9.30 Å². The van der Waals surface area contributed by atoms with Gasteiger partial charge in [0.05, 0.1) is 23.2 Å². The first kappa shape index (κ1) is 16.2. The Morgan fingerprint density at radius 3 is 2.57 bits per heavy atom. The lowest BCUT2D eigenvalue weighted by Gasteiger charge is -2.12. The topological polar surface area (TPSA) is 31.2 Å². The zero-order chi connectivity index (χ0) is 15.4. The Hall–Kier alpha value is -1.16. The van der Waals surface area contributed by atoms with Gasteiger partial charge in [-0.2, -0.15) is 0 Å². The minimum absolute atomic E-state index is 0.224. The molecule has 3 nitrogen and oxygen atoms in total. The molecular formula is C15H14Cl3NO2. The standard InChI is InChI=1S/C15H14Cl3NO2/c1-2-8-21-13-4-3-7-19(15(13)20)9-10-11(16)5-6-12(17)14(10)18/h3-7H,2,8-9H2,1H3. The molecule has 0 N–H and O–H groups in total. The summed E-state index contributed by atoms with van der Waals surface area (Å²) in [6.45, 7) is 2.71. The van der Waals surface area contributed by atoms with E-state index in [-0.39, 0.29) is 12.1 Å². The summed E-state index contributed by atoms with van der Waals surface area (Å²) in [5, 5.41) is 1.23. The number of hydrogen-bond donors (Lipinski definition) is 0. The first-order valence-corrected chi connectivity index (χ1v) is 7.62. The second kappa shape index (κ2) is 7.21. The maximum absolute atomic E-state index is 12.3. The molecule has 0 atom stereocenters. The third-order valence-electron chi connectivity index (χ3n) is 2.91. The third-order valence-corrected chi connectivity index (χ3v) is 4.11. The molecular weight excluding hydrogens is 333 g/mol. The van der Waals surface area contributed by atoms with E-state index in [2.05, 4.69) is 0 Å². The van der Waals surface area contributed by atoms with Crippen molar-refractivity contribution in [2.45, 2.75) is 19.9 Å². The van der Waals surface area contributed by atoms with Crippen molar-refractivity contribution in [2.75, 3.05) is 6.61 Å². The van der Waals surface area contributed by atoms with E-state index in [0.29, 0.717) is 33.0 Å². The van der Waals surface area contributed by atoms with Gasteiger partial charge in [-0.05, 0) is 30.7 Å². The minimum atomic E-state index is -0.224. The number of ether oxygens (including phenoxy) is 1. The second-order valence-electron chi connectivity index (χ2n) is 4.48. The van der Waals surface area contributed by atoms with Gasteiger partial charge >= 0.3 is 0 Å². The Balaban J connectivity index is 2.37. The van der Waals surface area contributed by atoms with Gasteiger partial charge in [0.25, 0.3) is 5.56 Å². The molecule has 0 amide bonds. The smallest absolute Gasteiger partial charge is 0.293 e. The van der Waals surface area contributed by atoms with Crippen LogP contribution in [0.4, 0.5) is 0 Å². The number of aromatic nitrogens is 1. The van der Waals surface area contributed by atoms with Crippen LogP contribution >= 0.6 is 34.8 Å². The van der Waals surface area contributed by atoms with Gasteiger partial charge in [0, 0.05) is 16.8 Å². The molecule has 0 bridgehead atoms. The van der Waals surface area contributed by atoms with Crippen molar-refractivity contribution in [3.8, 4) is 5.75 Å². The van der Waals surface area contributed by atoms with Gasteiger partial charge in [-0.3, -0.25) is 4.79 Å². The molecule has 0 spiro atoms. The highest BCUT2D eigenvalue weighted by atomic mass is 35.5. The van der Waals surface area contributed by atoms with Crippen LogP contribution in [0, 0.1) is 0 Å². The minimum Gasteiger partial charge on any atom is -0.488 e. The van der Waals surface area contributed by atoms with Crippen LogP contribution in [-0.2, 0) is 6.54 Å². The first-order valence-electron chi connectivity index (χ1n) is 6.49. The lowest BCUT2D eigenvalue weighted by Crippen LogP contribution is -2.22. The number of halogens is 3. The number of hydrogen-bond acceptors (Lipinski definition) is 2. The third kappa shape index (κ3) is 3.73. The van der Waals surface area contributed by atoms with E-state index in [1.807, 2.05) is 6.92 Å². The fourth-order valence-electron chi connectivity index (χ4n) is 1.85. The van der Waals surface area contributed by atoms with E-state index < -0.39 is 0 Å². The highest BCUT2D eigenvalue weighted by Crippen LogP contribution is 2.31. The van der Waals surface area contributed by atoms with Gasteiger partial charge in [0.2, 0.25) is 0 Å².